The number of carbonyl (C=O) groups is 1. The summed E-state index contributed by atoms with van der Waals surface area (Å²) >= 11 is 0. The summed E-state index contributed by atoms with van der Waals surface area (Å²) in [5.41, 5.74) is -1.03. The van der Waals surface area contributed by atoms with Gasteiger partial charge in [-0.25, -0.2) is 8.42 Å². The molecule has 0 aromatic heterocycles. The lowest BCUT2D eigenvalue weighted by Gasteiger charge is -2.14. The number of hydrogen-bond donors (Lipinski definition) is 2. The lowest BCUT2D eigenvalue weighted by atomic mass is 10.1. The van der Waals surface area contributed by atoms with Crippen molar-refractivity contribution in [2.75, 3.05) is 0 Å². The molecule has 1 aromatic carbocycles. The first kappa shape index (κ1) is 16.4. The normalized spacial score (nSPS) is 14.1. The number of aliphatic carboxylic acids is 1. The smallest absolute Gasteiger partial charge is 0.416 e. The molecule has 1 rings (SSSR count). The van der Waals surface area contributed by atoms with E-state index in [4.69, 9.17) is 5.11 Å². The Morgan fingerprint density at radius 3 is 2.35 bits per heavy atom. The van der Waals surface area contributed by atoms with Gasteiger partial charge in [0, 0.05) is 0 Å². The zero-order valence-electron chi connectivity index (χ0n) is 10.5. The molecule has 1 aromatic rings. The molecule has 0 heterocycles. The van der Waals surface area contributed by atoms with Crippen LogP contribution < -0.4 is 4.72 Å². The maximum atomic E-state index is 12.6. The van der Waals surface area contributed by atoms with Crippen molar-refractivity contribution in [1.82, 2.24) is 4.72 Å². The van der Waals surface area contributed by atoms with E-state index >= 15 is 0 Å². The van der Waals surface area contributed by atoms with E-state index in [1.54, 1.807) is 4.72 Å². The standard InChI is InChI=1S/C11H12F3NO4S/c1-6-3-4-8(11(12,13)14)5-9(6)20(18,19)15-7(2)10(16)17/h3-5,7,15H,1-2H3,(H,16,17)/t7-/m1/s1. The SMILES string of the molecule is Cc1ccc(C(F)(F)F)cc1S(=O)(=O)N[C@H](C)C(=O)O. The number of rotatable bonds is 4. The second-order valence-electron chi connectivity index (χ2n) is 4.16. The molecule has 112 valence electrons. The van der Waals surface area contributed by atoms with Crippen molar-refractivity contribution in [3.05, 3.63) is 29.3 Å². The van der Waals surface area contributed by atoms with Gasteiger partial charge < -0.3 is 5.11 Å². The highest BCUT2D eigenvalue weighted by Crippen LogP contribution is 2.31. The third-order valence-electron chi connectivity index (χ3n) is 2.51. The first-order chi connectivity index (χ1) is 8.95. The number of benzene rings is 1. The van der Waals surface area contributed by atoms with E-state index in [0.29, 0.717) is 6.07 Å². The largest absolute Gasteiger partial charge is 0.480 e. The number of hydrogen-bond acceptors (Lipinski definition) is 3. The van der Waals surface area contributed by atoms with Gasteiger partial charge in [-0.3, -0.25) is 4.79 Å². The van der Waals surface area contributed by atoms with E-state index in [0.717, 1.165) is 19.1 Å². The number of aryl methyl sites for hydroxylation is 1. The van der Waals surface area contributed by atoms with Gasteiger partial charge in [-0.2, -0.15) is 17.9 Å². The average Bonchev–Trinajstić information content (AvgIpc) is 2.26. The summed E-state index contributed by atoms with van der Waals surface area (Å²) in [6.45, 7) is 2.39. The van der Waals surface area contributed by atoms with Crippen molar-refractivity contribution in [1.29, 1.82) is 0 Å². The lowest BCUT2D eigenvalue weighted by Crippen LogP contribution is -2.38. The maximum absolute atomic E-state index is 12.6. The summed E-state index contributed by atoms with van der Waals surface area (Å²) in [5, 5.41) is 8.64. The molecule has 20 heavy (non-hydrogen) atoms. The van der Waals surface area contributed by atoms with Gasteiger partial charge >= 0.3 is 12.1 Å². The predicted octanol–water partition coefficient (Wildman–Crippen LogP) is 1.77. The molecule has 0 saturated heterocycles. The second kappa shape index (κ2) is 5.41. The Kier molecular flexibility index (Phi) is 4.45. The van der Waals surface area contributed by atoms with Crippen molar-refractivity contribution >= 4 is 16.0 Å². The molecule has 2 N–H and O–H groups in total. The fourth-order valence-electron chi connectivity index (χ4n) is 1.41. The zero-order chi connectivity index (χ0) is 15.7. The van der Waals surface area contributed by atoms with Crippen molar-refractivity contribution < 1.29 is 31.5 Å². The number of halogens is 3. The Hall–Kier alpha value is -1.61. The minimum Gasteiger partial charge on any atom is -0.480 e. The highest BCUT2D eigenvalue weighted by molar-refractivity contribution is 7.89. The second-order valence-corrected chi connectivity index (χ2v) is 5.84. The van der Waals surface area contributed by atoms with Crippen LogP contribution in [0.1, 0.15) is 18.1 Å². The topological polar surface area (TPSA) is 83.5 Å². The molecule has 0 unspecified atom stereocenters. The Labute approximate surface area is 113 Å². The molecule has 0 bridgehead atoms. The molecule has 0 fully saturated rings. The van der Waals surface area contributed by atoms with Crippen LogP contribution >= 0.6 is 0 Å². The first-order valence-electron chi connectivity index (χ1n) is 5.38. The van der Waals surface area contributed by atoms with Crippen LogP contribution in [-0.4, -0.2) is 25.5 Å². The summed E-state index contributed by atoms with van der Waals surface area (Å²) in [7, 11) is -4.35. The van der Waals surface area contributed by atoms with Gasteiger partial charge in [0.15, 0.2) is 0 Å². The van der Waals surface area contributed by atoms with E-state index in [-0.39, 0.29) is 5.56 Å². The minimum absolute atomic E-state index is 0.0862. The van der Waals surface area contributed by atoms with Crippen LogP contribution in [-0.2, 0) is 21.0 Å². The monoisotopic (exact) mass is 311 g/mol. The van der Waals surface area contributed by atoms with Gasteiger partial charge in [0.25, 0.3) is 0 Å². The summed E-state index contributed by atoms with van der Waals surface area (Å²) in [6.07, 6.45) is -4.68. The molecule has 0 aliphatic heterocycles. The average molecular weight is 311 g/mol. The van der Waals surface area contributed by atoms with Crippen LogP contribution in [0.25, 0.3) is 0 Å². The number of carboxylic acid groups (broad SMARTS) is 1. The molecular weight excluding hydrogens is 299 g/mol. The minimum atomic E-state index is -4.68. The van der Waals surface area contributed by atoms with Gasteiger partial charge in [0.05, 0.1) is 10.5 Å². The molecule has 0 aliphatic rings. The zero-order valence-corrected chi connectivity index (χ0v) is 11.3. The molecule has 1 atom stereocenters. The van der Waals surface area contributed by atoms with Gasteiger partial charge in [-0.05, 0) is 31.5 Å². The lowest BCUT2D eigenvalue weighted by molar-refractivity contribution is -0.139. The maximum Gasteiger partial charge on any atom is 0.416 e. The van der Waals surface area contributed by atoms with E-state index in [1.807, 2.05) is 0 Å². The Balaban J connectivity index is 3.28. The molecule has 0 saturated carbocycles. The van der Waals surface area contributed by atoms with Crippen molar-refractivity contribution in [3.8, 4) is 0 Å². The van der Waals surface area contributed by atoms with Crippen molar-refractivity contribution in [2.24, 2.45) is 0 Å². The molecule has 0 radical (unpaired) electrons. The van der Waals surface area contributed by atoms with Crippen molar-refractivity contribution in [3.63, 3.8) is 0 Å². The summed E-state index contributed by atoms with van der Waals surface area (Å²) in [5.74, 6) is -1.43. The van der Waals surface area contributed by atoms with E-state index in [1.165, 1.54) is 6.92 Å². The Bertz CT molecular complexity index is 625. The van der Waals surface area contributed by atoms with Gasteiger partial charge in [-0.1, -0.05) is 6.07 Å². The fraction of sp³-hybridized carbons (Fsp3) is 0.364. The highest BCUT2D eigenvalue weighted by Gasteiger charge is 2.33. The third kappa shape index (κ3) is 3.70. The summed E-state index contributed by atoms with van der Waals surface area (Å²) in [4.78, 5) is 10.0. The third-order valence-corrected chi connectivity index (χ3v) is 4.19. The van der Waals surface area contributed by atoms with Crippen LogP contribution in [0, 0.1) is 6.92 Å². The molecule has 5 nitrogen and oxygen atoms in total. The Morgan fingerprint density at radius 2 is 1.90 bits per heavy atom. The number of carboxylic acids is 1. The van der Waals surface area contributed by atoms with E-state index in [2.05, 4.69) is 0 Å². The quantitative estimate of drug-likeness (QED) is 0.887. The first-order valence-corrected chi connectivity index (χ1v) is 6.86. The van der Waals surface area contributed by atoms with Crippen LogP contribution in [0.4, 0.5) is 13.2 Å². The van der Waals surface area contributed by atoms with Crippen LogP contribution in [0.15, 0.2) is 23.1 Å². The molecular formula is C11H12F3NO4S. The van der Waals surface area contributed by atoms with Crippen molar-refractivity contribution in [2.45, 2.75) is 31.0 Å². The summed E-state index contributed by atoms with van der Waals surface area (Å²) in [6, 6.07) is 0.804. The van der Waals surface area contributed by atoms with Gasteiger partial charge in [0.2, 0.25) is 10.0 Å². The number of nitrogens with one attached hydrogen (secondary N) is 1. The summed E-state index contributed by atoms with van der Waals surface area (Å²) < 4.78 is 63.3. The van der Waals surface area contributed by atoms with E-state index < -0.39 is 38.7 Å². The van der Waals surface area contributed by atoms with Gasteiger partial charge in [-0.15, -0.1) is 0 Å². The van der Waals surface area contributed by atoms with Crippen LogP contribution in [0.3, 0.4) is 0 Å². The molecule has 9 heteroatoms. The number of sulfonamides is 1. The molecule has 0 spiro atoms. The number of alkyl halides is 3. The molecule has 0 aliphatic carbocycles. The predicted molar refractivity (Wildman–Crippen MR) is 63.6 cm³/mol. The Morgan fingerprint density at radius 1 is 1.35 bits per heavy atom. The van der Waals surface area contributed by atoms with Crippen LogP contribution in [0.2, 0.25) is 0 Å². The fourth-order valence-corrected chi connectivity index (χ4v) is 2.88. The van der Waals surface area contributed by atoms with E-state index in [9.17, 15) is 26.4 Å². The molecule has 0 amide bonds. The highest BCUT2D eigenvalue weighted by atomic mass is 32.2. The van der Waals surface area contributed by atoms with Crippen LogP contribution in [0.5, 0.6) is 0 Å². The van der Waals surface area contributed by atoms with Gasteiger partial charge in [0.1, 0.15) is 6.04 Å².